The highest BCUT2D eigenvalue weighted by Gasteiger charge is 2.22. The van der Waals surface area contributed by atoms with Crippen LogP contribution in [-0.2, 0) is 11.3 Å². The van der Waals surface area contributed by atoms with E-state index in [9.17, 15) is 4.79 Å². The predicted octanol–water partition coefficient (Wildman–Crippen LogP) is 2.87. The normalized spacial score (nSPS) is 10.5. The molecule has 0 unspecified atom stereocenters. The van der Waals surface area contributed by atoms with Gasteiger partial charge in [-0.1, -0.05) is 35.5 Å². The van der Waals surface area contributed by atoms with Crippen LogP contribution < -0.4 is 0 Å². The molecule has 4 nitrogen and oxygen atoms in total. The smallest absolute Gasteiger partial charge is 0.258 e. The molecule has 0 amide bonds. The monoisotopic (exact) mass is 251 g/mol. The topological polar surface area (TPSA) is 52.3 Å². The highest BCUT2D eigenvalue weighted by atomic mass is 35.5. The Hall–Kier alpha value is -1.65. The van der Waals surface area contributed by atoms with E-state index < -0.39 is 5.24 Å². The van der Waals surface area contributed by atoms with Gasteiger partial charge >= 0.3 is 0 Å². The minimum Gasteiger partial charge on any atom is -0.377 e. The highest BCUT2D eigenvalue weighted by molar-refractivity contribution is 6.68. The summed E-state index contributed by atoms with van der Waals surface area (Å²) in [5, 5.41) is 3.27. The SMILES string of the molecule is COCc1onc(-c2ccccc2)c1C(=O)Cl. The molecule has 0 aliphatic rings. The number of benzene rings is 1. The summed E-state index contributed by atoms with van der Waals surface area (Å²) in [5.41, 5.74) is 1.49. The maximum absolute atomic E-state index is 11.4. The zero-order chi connectivity index (χ0) is 12.3. The molecule has 0 N–H and O–H groups in total. The van der Waals surface area contributed by atoms with Gasteiger partial charge in [0.15, 0.2) is 5.76 Å². The third-order valence-electron chi connectivity index (χ3n) is 2.28. The number of methoxy groups -OCH3 is 1. The molecule has 17 heavy (non-hydrogen) atoms. The van der Waals surface area contributed by atoms with E-state index in [0.717, 1.165) is 5.56 Å². The Labute approximate surface area is 103 Å². The van der Waals surface area contributed by atoms with Gasteiger partial charge in [-0.3, -0.25) is 4.79 Å². The van der Waals surface area contributed by atoms with Gasteiger partial charge in [0.05, 0.1) is 0 Å². The Bertz CT molecular complexity index is 522. The van der Waals surface area contributed by atoms with Crippen molar-refractivity contribution in [3.8, 4) is 11.3 Å². The van der Waals surface area contributed by atoms with Crippen molar-refractivity contribution in [2.45, 2.75) is 6.61 Å². The van der Waals surface area contributed by atoms with Crippen LogP contribution in [0, 0.1) is 0 Å². The molecule has 0 saturated carbocycles. The molecule has 2 aromatic rings. The Kier molecular flexibility index (Phi) is 3.56. The number of nitrogens with zero attached hydrogens (tertiary/aromatic N) is 1. The van der Waals surface area contributed by atoms with Gasteiger partial charge in [0.2, 0.25) is 0 Å². The fourth-order valence-corrected chi connectivity index (χ4v) is 1.74. The van der Waals surface area contributed by atoms with Crippen LogP contribution in [0.2, 0.25) is 0 Å². The standard InChI is InChI=1S/C12H10ClNO3/c1-16-7-9-10(12(13)15)11(14-17-9)8-5-3-2-4-6-8/h2-6H,7H2,1H3. The van der Waals surface area contributed by atoms with E-state index in [1.54, 1.807) is 0 Å². The third-order valence-corrected chi connectivity index (χ3v) is 2.47. The van der Waals surface area contributed by atoms with Crippen LogP contribution >= 0.6 is 11.6 Å². The molecule has 0 aliphatic carbocycles. The number of hydrogen-bond donors (Lipinski definition) is 0. The summed E-state index contributed by atoms with van der Waals surface area (Å²) in [7, 11) is 1.51. The average molecular weight is 252 g/mol. The molecule has 0 radical (unpaired) electrons. The van der Waals surface area contributed by atoms with Crippen LogP contribution in [-0.4, -0.2) is 17.5 Å². The molecule has 5 heteroatoms. The average Bonchev–Trinajstić information content (AvgIpc) is 2.74. The Morgan fingerprint density at radius 2 is 2.12 bits per heavy atom. The van der Waals surface area contributed by atoms with Crippen LogP contribution in [0.3, 0.4) is 0 Å². The molecule has 1 heterocycles. The van der Waals surface area contributed by atoms with Crippen molar-refractivity contribution in [2.24, 2.45) is 0 Å². The molecular formula is C12H10ClNO3. The zero-order valence-electron chi connectivity index (χ0n) is 9.14. The second kappa shape index (κ2) is 5.12. The van der Waals surface area contributed by atoms with Crippen molar-refractivity contribution in [2.75, 3.05) is 7.11 Å². The fraction of sp³-hybridized carbons (Fsp3) is 0.167. The van der Waals surface area contributed by atoms with E-state index in [0.29, 0.717) is 11.5 Å². The summed E-state index contributed by atoms with van der Waals surface area (Å²) in [6.07, 6.45) is 0. The van der Waals surface area contributed by atoms with Crippen molar-refractivity contribution in [3.63, 3.8) is 0 Å². The largest absolute Gasteiger partial charge is 0.377 e. The maximum atomic E-state index is 11.4. The quantitative estimate of drug-likeness (QED) is 0.784. The summed E-state index contributed by atoms with van der Waals surface area (Å²) < 4.78 is 9.99. The second-order valence-electron chi connectivity index (χ2n) is 3.40. The first-order valence-electron chi connectivity index (χ1n) is 4.96. The molecule has 1 aromatic heterocycles. The Morgan fingerprint density at radius 3 is 2.71 bits per heavy atom. The Balaban J connectivity index is 2.52. The molecule has 88 valence electrons. The van der Waals surface area contributed by atoms with Crippen LogP contribution in [0.1, 0.15) is 16.1 Å². The minimum absolute atomic E-state index is 0.160. The lowest BCUT2D eigenvalue weighted by Crippen LogP contribution is -1.97. The van der Waals surface area contributed by atoms with Gasteiger partial charge in [-0.15, -0.1) is 0 Å². The lowest BCUT2D eigenvalue weighted by atomic mass is 10.1. The van der Waals surface area contributed by atoms with E-state index in [1.807, 2.05) is 30.3 Å². The Morgan fingerprint density at radius 1 is 1.41 bits per heavy atom. The van der Waals surface area contributed by atoms with Crippen molar-refractivity contribution >= 4 is 16.8 Å². The molecule has 0 aliphatic heterocycles. The molecule has 0 atom stereocenters. The number of rotatable bonds is 4. The van der Waals surface area contributed by atoms with Gasteiger partial charge in [-0.2, -0.15) is 0 Å². The molecule has 0 fully saturated rings. The zero-order valence-corrected chi connectivity index (χ0v) is 9.90. The third kappa shape index (κ3) is 2.38. The van der Waals surface area contributed by atoms with Gasteiger partial charge in [-0.25, -0.2) is 0 Å². The van der Waals surface area contributed by atoms with E-state index in [1.165, 1.54) is 7.11 Å². The van der Waals surface area contributed by atoms with Crippen LogP contribution in [0.4, 0.5) is 0 Å². The van der Waals surface area contributed by atoms with E-state index in [4.69, 9.17) is 20.9 Å². The first kappa shape index (κ1) is 11.8. The van der Waals surface area contributed by atoms with Gasteiger partial charge in [0, 0.05) is 12.7 Å². The van der Waals surface area contributed by atoms with Gasteiger partial charge in [-0.05, 0) is 11.6 Å². The van der Waals surface area contributed by atoms with E-state index in [-0.39, 0.29) is 12.2 Å². The van der Waals surface area contributed by atoms with Crippen molar-refractivity contribution < 1.29 is 14.1 Å². The molecule has 1 aromatic carbocycles. The van der Waals surface area contributed by atoms with Crippen molar-refractivity contribution in [1.82, 2.24) is 5.16 Å². The van der Waals surface area contributed by atoms with E-state index >= 15 is 0 Å². The fourth-order valence-electron chi connectivity index (χ4n) is 1.55. The number of aromatic nitrogens is 1. The lowest BCUT2D eigenvalue weighted by molar-refractivity contribution is 0.107. The minimum atomic E-state index is -0.600. The first-order valence-corrected chi connectivity index (χ1v) is 5.34. The molecular weight excluding hydrogens is 242 g/mol. The molecule has 0 spiro atoms. The maximum Gasteiger partial charge on any atom is 0.258 e. The lowest BCUT2D eigenvalue weighted by Gasteiger charge is -1.98. The number of halogens is 1. The number of carbonyl (C=O) groups is 1. The molecule has 0 saturated heterocycles. The highest BCUT2D eigenvalue weighted by Crippen LogP contribution is 2.27. The first-order chi connectivity index (χ1) is 8.24. The van der Waals surface area contributed by atoms with Crippen LogP contribution in [0.15, 0.2) is 34.9 Å². The molecule has 2 rings (SSSR count). The van der Waals surface area contributed by atoms with Crippen molar-refractivity contribution in [1.29, 1.82) is 0 Å². The predicted molar refractivity (Wildman–Crippen MR) is 62.8 cm³/mol. The van der Waals surface area contributed by atoms with Crippen molar-refractivity contribution in [3.05, 3.63) is 41.7 Å². The summed E-state index contributed by atoms with van der Waals surface area (Å²) in [5.74, 6) is 0.339. The van der Waals surface area contributed by atoms with Gasteiger partial charge in [0.25, 0.3) is 5.24 Å². The number of ether oxygens (including phenoxy) is 1. The summed E-state index contributed by atoms with van der Waals surface area (Å²) in [6, 6.07) is 9.24. The van der Waals surface area contributed by atoms with E-state index in [2.05, 4.69) is 5.16 Å². The summed E-state index contributed by atoms with van der Waals surface area (Å²) >= 11 is 5.55. The number of carbonyl (C=O) groups excluding carboxylic acids is 1. The van der Waals surface area contributed by atoms with Crippen LogP contribution in [0.25, 0.3) is 11.3 Å². The number of hydrogen-bond acceptors (Lipinski definition) is 4. The van der Waals surface area contributed by atoms with Gasteiger partial charge < -0.3 is 9.26 Å². The second-order valence-corrected chi connectivity index (χ2v) is 3.75. The molecule has 0 bridgehead atoms. The van der Waals surface area contributed by atoms with Crippen LogP contribution in [0.5, 0.6) is 0 Å². The summed E-state index contributed by atoms with van der Waals surface area (Å²) in [4.78, 5) is 11.4. The van der Waals surface area contributed by atoms with Gasteiger partial charge in [0.1, 0.15) is 17.9 Å². The summed E-state index contributed by atoms with van der Waals surface area (Å²) in [6.45, 7) is 0.160.